The van der Waals surface area contributed by atoms with E-state index in [0.29, 0.717) is 0 Å². The fourth-order valence-electron chi connectivity index (χ4n) is 3.06. The van der Waals surface area contributed by atoms with Crippen molar-refractivity contribution in [2.24, 2.45) is 0 Å². The van der Waals surface area contributed by atoms with Crippen LogP contribution in [-0.2, 0) is 4.79 Å². The van der Waals surface area contributed by atoms with Crippen molar-refractivity contribution in [3.05, 3.63) is 78.9 Å². The van der Waals surface area contributed by atoms with Gasteiger partial charge < -0.3 is 20.0 Å². The van der Waals surface area contributed by atoms with Gasteiger partial charge in [0.2, 0.25) is 0 Å². The Labute approximate surface area is 188 Å². The molecule has 0 aliphatic rings. The number of anilines is 1. The van der Waals surface area contributed by atoms with E-state index in [-0.39, 0.29) is 0 Å². The first-order valence-electron chi connectivity index (χ1n) is 9.55. The average Bonchev–Trinajstić information content (AvgIpc) is 3.32. The van der Waals surface area contributed by atoms with E-state index in [0.717, 1.165) is 45.4 Å². The molecular weight excluding hydrogens is 402 g/mol. The Morgan fingerprint density at radius 2 is 1.25 bits per heavy atom. The molecule has 0 saturated carbocycles. The minimum absolute atomic E-state index is 0.720. The maximum atomic E-state index is 8.00. The van der Waals surface area contributed by atoms with Crippen LogP contribution in [0.4, 0.5) is 5.69 Å². The molecule has 4 aromatic rings. The number of terminal acetylenes is 1. The minimum Gasteiger partial charge on any atom is -0.497 e. The summed E-state index contributed by atoms with van der Waals surface area (Å²) in [6, 6.07) is 25.6. The SMILES string of the molecule is C#C.C=O.COc1ccc(-c2cc(-c3ccc(OC)cc3)n(-c3ccc(N)cc3)n2)cc1. The minimum atomic E-state index is 0.720. The number of rotatable bonds is 5. The predicted molar refractivity (Wildman–Crippen MR) is 129 cm³/mol. The highest BCUT2D eigenvalue weighted by Crippen LogP contribution is 2.30. The molecule has 1 heterocycles. The second-order valence-corrected chi connectivity index (χ2v) is 6.38. The fraction of sp³-hybridized carbons (Fsp3) is 0.0769. The normalized spacial score (nSPS) is 9.50. The molecule has 0 aliphatic heterocycles. The number of hydrogen-bond donors (Lipinski definition) is 1. The highest BCUT2D eigenvalue weighted by Gasteiger charge is 2.13. The van der Waals surface area contributed by atoms with E-state index in [2.05, 4.69) is 18.9 Å². The number of carbonyl (C=O) groups excluding carboxylic acids is 1. The highest BCUT2D eigenvalue weighted by molar-refractivity contribution is 5.71. The van der Waals surface area contributed by atoms with Gasteiger partial charge in [0.1, 0.15) is 18.3 Å². The van der Waals surface area contributed by atoms with Crippen LogP contribution in [0.1, 0.15) is 0 Å². The number of benzene rings is 3. The molecule has 2 N–H and O–H groups in total. The molecular formula is C26H25N3O3. The molecule has 1 aromatic heterocycles. The Balaban J connectivity index is 0.000000860. The van der Waals surface area contributed by atoms with Crippen LogP contribution >= 0.6 is 0 Å². The van der Waals surface area contributed by atoms with Crippen molar-refractivity contribution in [2.45, 2.75) is 0 Å². The first-order chi connectivity index (χ1) is 15.7. The molecule has 0 fully saturated rings. The molecule has 6 heteroatoms. The lowest BCUT2D eigenvalue weighted by molar-refractivity contribution is -0.0979. The lowest BCUT2D eigenvalue weighted by Crippen LogP contribution is -1.99. The van der Waals surface area contributed by atoms with Gasteiger partial charge in [-0.2, -0.15) is 5.10 Å². The van der Waals surface area contributed by atoms with Crippen LogP contribution < -0.4 is 15.2 Å². The van der Waals surface area contributed by atoms with Crippen LogP contribution in [0, 0.1) is 12.8 Å². The summed E-state index contributed by atoms with van der Waals surface area (Å²) in [5.41, 5.74) is 11.4. The molecule has 3 aromatic carbocycles. The topological polar surface area (TPSA) is 79.4 Å². The van der Waals surface area contributed by atoms with Crippen molar-refractivity contribution in [2.75, 3.05) is 20.0 Å². The third kappa shape index (κ3) is 5.35. The molecule has 0 unspecified atom stereocenters. The Kier molecular flexibility index (Phi) is 8.64. The van der Waals surface area contributed by atoms with Gasteiger partial charge in [-0.1, -0.05) is 0 Å². The van der Waals surface area contributed by atoms with Crippen molar-refractivity contribution in [3.63, 3.8) is 0 Å². The third-order valence-corrected chi connectivity index (χ3v) is 4.62. The maximum Gasteiger partial charge on any atom is 0.118 e. The zero-order valence-electron chi connectivity index (χ0n) is 18.1. The van der Waals surface area contributed by atoms with Crippen LogP contribution in [-0.4, -0.2) is 30.8 Å². The first-order valence-corrected chi connectivity index (χ1v) is 9.55. The van der Waals surface area contributed by atoms with Gasteiger partial charge >= 0.3 is 0 Å². The summed E-state index contributed by atoms with van der Waals surface area (Å²) in [5, 5.41) is 4.86. The van der Waals surface area contributed by atoms with E-state index in [1.807, 2.05) is 84.3 Å². The van der Waals surface area contributed by atoms with Crippen molar-refractivity contribution in [3.8, 4) is 52.5 Å². The number of carbonyl (C=O) groups is 1. The van der Waals surface area contributed by atoms with Crippen molar-refractivity contribution < 1.29 is 14.3 Å². The average molecular weight is 428 g/mol. The molecule has 0 bridgehead atoms. The summed E-state index contributed by atoms with van der Waals surface area (Å²) in [7, 11) is 3.32. The number of hydrogen-bond acceptors (Lipinski definition) is 5. The molecule has 6 nitrogen and oxygen atoms in total. The molecule has 162 valence electrons. The monoisotopic (exact) mass is 427 g/mol. The smallest absolute Gasteiger partial charge is 0.118 e. The fourth-order valence-corrected chi connectivity index (χ4v) is 3.06. The summed E-state index contributed by atoms with van der Waals surface area (Å²) >= 11 is 0. The number of nitrogens with zero attached hydrogens (tertiary/aromatic N) is 2. The van der Waals surface area contributed by atoms with Gasteiger partial charge in [0.15, 0.2) is 0 Å². The number of aromatic nitrogens is 2. The Bertz CT molecular complexity index is 1130. The van der Waals surface area contributed by atoms with Crippen LogP contribution in [0.3, 0.4) is 0 Å². The number of methoxy groups -OCH3 is 2. The first kappa shape index (κ1) is 23.8. The largest absolute Gasteiger partial charge is 0.497 e. The van der Waals surface area contributed by atoms with Crippen LogP contribution in [0.2, 0.25) is 0 Å². The molecule has 0 atom stereocenters. The van der Waals surface area contributed by atoms with E-state index < -0.39 is 0 Å². The molecule has 0 amide bonds. The quantitative estimate of drug-likeness (QED) is 0.363. The summed E-state index contributed by atoms with van der Waals surface area (Å²) in [6.45, 7) is 2.00. The number of nitrogen functional groups attached to an aromatic ring is 1. The lowest BCUT2D eigenvalue weighted by Gasteiger charge is -2.08. The van der Waals surface area contributed by atoms with E-state index in [1.54, 1.807) is 14.2 Å². The second-order valence-electron chi connectivity index (χ2n) is 6.38. The zero-order chi connectivity index (χ0) is 23.5. The van der Waals surface area contributed by atoms with Crippen LogP contribution in [0.5, 0.6) is 11.5 Å². The summed E-state index contributed by atoms with van der Waals surface area (Å²) in [6.07, 6.45) is 8.00. The van der Waals surface area contributed by atoms with Crippen molar-refractivity contribution in [1.82, 2.24) is 9.78 Å². The lowest BCUT2D eigenvalue weighted by atomic mass is 10.1. The van der Waals surface area contributed by atoms with Gasteiger partial charge in [0.25, 0.3) is 0 Å². The number of nitrogens with two attached hydrogens (primary N) is 1. The van der Waals surface area contributed by atoms with E-state index >= 15 is 0 Å². The van der Waals surface area contributed by atoms with Gasteiger partial charge in [0, 0.05) is 16.8 Å². The van der Waals surface area contributed by atoms with Crippen molar-refractivity contribution in [1.29, 1.82) is 0 Å². The Morgan fingerprint density at radius 3 is 1.72 bits per heavy atom. The maximum absolute atomic E-state index is 8.00. The van der Waals surface area contributed by atoms with Gasteiger partial charge in [-0.25, -0.2) is 4.68 Å². The summed E-state index contributed by atoms with van der Waals surface area (Å²) < 4.78 is 12.5. The van der Waals surface area contributed by atoms with E-state index in [9.17, 15) is 0 Å². The van der Waals surface area contributed by atoms with E-state index in [1.165, 1.54) is 0 Å². The predicted octanol–water partition coefficient (Wildman–Crippen LogP) is 4.87. The molecule has 0 radical (unpaired) electrons. The highest BCUT2D eigenvalue weighted by atomic mass is 16.5. The van der Waals surface area contributed by atoms with Gasteiger partial charge in [-0.05, 0) is 78.9 Å². The Hall–Kier alpha value is -4.50. The van der Waals surface area contributed by atoms with E-state index in [4.69, 9.17) is 25.1 Å². The number of ether oxygens (including phenoxy) is 2. The standard InChI is InChI=1S/C23H21N3O2.C2H2.CH2O/c1-27-20-11-3-16(4-12-20)22-15-23(17-5-13-21(28-2)14-6-17)26(25-22)19-9-7-18(24)8-10-19;2*1-2/h3-15H,24H2,1-2H3;1-2H;1H2. The van der Waals surface area contributed by atoms with Crippen molar-refractivity contribution >= 4 is 12.5 Å². The third-order valence-electron chi connectivity index (χ3n) is 4.62. The van der Waals surface area contributed by atoms with Crippen LogP contribution in [0.25, 0.3) is 28.2 Å². The Morgan fingerprint density at radius 1 is 0.781 bits per heavy atom. The zero-order valence-corrected chi connectivity index (χ0v) is 18.1. The molecule has 32 heavy (non-hydrogen) atoms. The summed E-state index contributed by atoms with van der Waals surface area (Å²) in [5.74, 6) is 1.63. The molecule has 0 saturated heterocycles. The van der Waals surface area contributed by atoms with Crippen LogP contribution in [0.15, 0.2) is 78.9 Å². The molecule has 0 aliphatic carbocycles. The summed E-state index contributed by atoms with van der Waals surface area (Å²) in [4.78, 5) is 8.00. The molecule has 0 spiro atoms. The molecule has 4 rings (SSSR count). The van der Waals surface area contributed by atoms with Gasteiger partial charge in [0.05, 0.1) is 31.3 Å². The van der Waals surface area contributed by atoms with Gasteiger partial charge in [-0.3, -0.25) is 0 Å². The second kappa shape index (κ2) is 11.6. The van der Waals surface area contributed by atoms with Gasteiger partial charge in [-0.15, -0.1) is 12.8 Å².